The molecule has 0 saturated heterocycles. The second kappa shape index (κ2) is 5.85. The highest BCUT2D eigenvalue weighted by molar-refractivity contribution is 5.79. The first-order valence-corrected chi connectivity index (χ1v) is 2.96. The van der Waals surface area contributed by atoms with E-state index in [0.717, 1.165) is 6.42 Å². The topological polar surface area (TPSA) is 100 Å². The van der Waals surface area contributed by atoms with Crippen LogP contribution in [0.4, 0.5) is 0 Å². The molecule has 0 saturated carbocycles. The summed E-state index contributed by atoms with van der Waals surface area (Å²) >= 11 is 0. The normalized spacial score (nSPS) is 10.6. The van der Waals surface area contributed by atoms with E-state index in [9.17, 15) is 0 Å². The van der Waals surface area contributed by atoms with Crippen LogP contribution in [-0.4, -0.2) is 19.0 Å². The van der Waals surface area contributed by atoms with Crippen LogP contribution in [0, 0.1) is 11.5 Å². The molecule has 0 unspecified atom stereocenters. The zero-order valence-electron chi connectivity index (χ0n) is 5.67. The van der Waals surface area contributed by atoms with Gasteiger partial charge < -0.3 is 11.5 Å². The minimum Gasteiger partial charge on any atom is -0.369 e. The summed E-state index contributed by atoms with van der Waals surface area (Å²) in [7, 11) is 0. The van der Waals surface area contributed by atoms with Crippen molar-refractivity contribution in [2.24, 2.45) is 16.5 Å². The van der Waals surface area contributed by atoms with Gasteiger partial charge in [-0.3, -0.25) is 10.3 Å². The van der Waals surface area contributed by atoms with Gasteiger partial charge in [-0.1, -0.05) is 0 Å². The molecular weight excluding hydrogens is 130 g/mol. The van der Waals surface area contributed by atoms with Crippen molar-refractivity contribution in [3.8, 4) is 6.19 Å². The van der Waals surface area contributed by atoms with Gasteiger partial charge in [-0.15, -0.1) is 0 Å². The van der Waals surface area contributed by atoms with Gasteiger partial charge in [0.25, 0.3) is 0 Å². The lowest BCUT2D eigenvalue weighted by atomic mass is 10.4. The van der Waals surface area contributed by atoms with Crippen LogP contribution < -0.4 is 16.8 Å². The van der Waals surface area contributed by atoms with E-state index in [0.29, 0.717) is 13.1 Å². The molecule has 0 radical (unpaired) electrons. The van der Waals surface area contributed by atoms with Crippen molar-refractivity contribution in [1.82, 2.24) is 5.32 Å². The standard InChI is InChI=1S/C5H11N5/c6-2-1-3-9-5(8)10-4-7/h1-3,6H2,(H3,8,9,10). The van der Waals surface area contributed by atoms with E-state index in [1.54, 1.807) is 6.19 Å². The third-order valence-corrected chi connectivity index (χ3v) is 0.828. The Hall–Kier alpha value is -1.28. The van der Waals surface area contributed by atoms with E-state index in [-0.39, 0.29) is 5.96 Å². The average Bonchev–Trinajstić information content (AvgIpc) is 1.89. The lowest BCUT2D eigenvalue weighted by Crippen LogP contribution is -2.27. The molecular formula is C5H11N5. The van der Waals surface area contributed by atoms with Gasteiger partial charge in [-0.05, 0) is 13.0 Å². The average molecular weight is 141 g/mol. The number of rotatable bonds is 3. The molecule has 0 aliphatic carbocycles. The van der Waals surface area contributed by atoms with Crippen LogP contribution in [0.2, 0.25) is 0 Å². The molecule has 10 heavy (non-hydrogen) atoms. The van der Waals surface area contributed by atoms with Crippen LogP contribution in [0.1, 0.15) is 6.42 Å². The molecule has 56 valence electrons. The van der Waals surface area contributed by atoms with E-state index < -0.39 is 0 Å². The van der Waals surface area contributed by atoms with Crippen LogP contribution in [0.5, 0.6) is 0 Å². The molecule has 0 atom stereocenters. The van der Waals surface area contributed by atoms with Crippen molar-refractivity contribution in [1.29, 1.82) is 5.26 Å². The molecule has 0 aromatic carbocycles. The molecule has 0 bridgehead atoms. The number of nitrogens with zero attached hydrogens (tertiary/aromatic N) is 2. The lowest BCUT2D eigenvalue weighted by Gasteiger charge is -1.94. The second-order valence-corrected chi connectivity index (χ2v) is 1.65. The number of nitrogens with two attached hydrogens (primary N) is 2. The summed E-state index contributed by atoms with van der Waals surface area (Å²) < 4.78 is 0. The van der Waals surface area contributed by atoms with Gasteiger partial charge in [-0.25, -0.2) is 0 Å². The van der Waals surface area contributed by atoms with Gasteiger partial charge >= 0.3 is 0 Å². The molecule has 0 rings (SSSR count). The van der Waals surface area contributed by atoms with E-state index in [1.807, 2.05) is 0 Å². The number of hydrogen-bond donors (Lipinski definition) is 3. The van der Waals surface area contributed by atoms with E-state index in [2.05, 4.69) is 10.3 Å². The quantitative estimate of drug-likeness (QED) is 0.150. The summed E-state index contributed by atoms with van der Waals surface area (Å²) in [6.07, 6.45) is 2.44. The highest BCUT2D eigenvalue weighted by Gasteiger charge is 1.85. The fourth-order valence-corrected chi connectivity index (χ4v) is 0.388. The van der Waals surface area contributed by atoms with Gasteiger partial charge in [0.05, 0.1) is 0 Å². The van der Waals surface area contributed by atoms with E-state index >= 15 is 0 Å². The van der Waals surface area contributed by atoms with Gasteiger partial charge in [0, 0.05) is 6.54 Å². The maximum absolute atomic E-state index is 8.05. The Bertz CT molecular complexity index is 145. The number of guanidine groups is 1. The van der Waals surface area contributed by atoms with Crippen molar-refractivity contribution >= 4 is 5.96 Å². The van der Waals surface area contributed by atoms with Gasteiger partial charge in [0.2, 0.25) is 5.96 Å². The summed E-state index contributed by atoms with van der Waals surface area (Å²) in [5.74, 6) is 0.149. The van der Waals surface area contributed by atoms with Gasteiger partial charge in [0.1, 0.15) is 0 Å². The molecule has 5 N–H and O–H groups in total. The number of nitriles is 1. The van der Waals surface area contributed by atoms with Crippen LogP contribution in [0.25, 0.3) is 0 Å². The van der Waals surface area contributed by atoms with Crippen molar-refractivity contribution in [2.75, 3.05) is 13.1 Å². The first-order valence-electron chi connectivity index (χ1n) is 2.96. The minimum atomic E-state index is 0.149. The maximum atomic E-state index is 8.05. The van der Waals surface area contributed by atoms with E-state index in [1.165, 1.54) is 0 Å². The second-order valence-electron chi connectivity index (χ2n) is 1.65. The predicted molar refractivity (Wildman–Crippen MR) is 38.9 cm³/mol. The third-order valence-electron chi connectivity index (χ3n) is 0.828. The third kappa shape index (κ3) is 4.87. The van der Waals surface area contributed by atoms with Gasteiger partial charge in [-0.2, -0.15) is 5.26 Å². The Morgan fingerprint density at radius 1 is 1.70 bits per heavy atom. The highest BCUT2D eigenvalue weighted by atomic mass is 15.1. The van der Waals surface area contributed by atoms with Crippen molar-refractivity contribution in [3.63, 3.8) is 0 Å². The number of hydrogen-bond acceptors (Lipinski definition) is 3. The fourth-order valence-electron chi connectivity index (χ4n) is 0.388. The predicted octanol–water partition coefficient (Wildman–Crippen LogP) is -1.28. The van der Waals surface area contributed by atoms with Crippen LogP contribution >= 0.6 is 0 Å². The first kappa shape index (κ1) is 8.72. The van der Waals surface area contributed by atoms with Crippen molar-refractivity contribution in [2.45, 2.75) is 6.42 Å². The molecule has 0 aromatic rings. The Balaban J connectivity index is 3.40. The smallest absolute Gasteiger partial charge is 0.202 e. The zero-order chi connectivity index (χ0) is 7.82. The summed E-state index contributed by atoms with van der Waals surface area (Å²) in [5.41, 5.74) is 10.4. The lowest BCUT2D eigenvalue weighted by molar-refractivity contribution is 0.839. The molecule has 0 aliphatic rings. The molecule has 5 nitrogen and oxygen atoms in total. The van der Waals surface area contributed by atoms with Gasteiger partial charge in [0.15, 0.2) is 6.19 Å². The molecule has 0 spiro atoms. The largest absolute Gasteiger partial charge is 0.369 e. The summed E-state index contributed by atoms with van der Waals surface area (Å²) in [6, 6.07) is 0. The molecule has 0 amide bonds. The summed E-state index contributed by atoms with van der Waals surface area (Å²) in [5, 5.41) is 10.2. The Labute approximate surface area is 59.7 Å². The Morgan fingerprint density at radius 3 is 2.90 bits per heavy atom. The van der Waals surface area contributed by atoms with Crippen LogP contribution in [0.3, 0.4) is 0 Å². The molecule has 5 heteroatoms. The number of nitrogens with one attached hydrogen (secondary N) is 1. The monoisotopic (exact) mass is 141 g/mol. The Morgan fingerprint density at radius 2 is 2.40 bits per heavy atom. The van der Waals surface area contributed by atoms with Crippen molar-refractivity contribution in [3.05, 3.63) is 0 Å². The minimum absolute atomic E-state index is 0.149. The molecule has 0 heterocycles. The van der Waals surface area contributed by atoms with Crippen molar-refractivity contribution < 1.29 is 0 Å². The summed E-state index contributed by atoms with van der Waals surface area (Å²) in [6.45, 7) is 1.15. The highest BCUT2D eigenvalue weighted by Crippen LogP contribution is 1.74. The molecule has 0 fully saturated rings. The van der Waals surface area contributed by atoms with Crippen LogP contribution in [-0.2, 0) is 0 Å². The fraction of sp³-hybridized carbons (Fsp3) is 0.600. The number of aliphatic imine (C=N–C) groups is 1. The molecule has 0 aliphatic heterocycles. The SMILES string of the molecule is N#CNC(N)=NCCCN. The summed E-state index contributed by atoms with van der Waals surface area (Å²) in [4.78, 5) is 3.78. The maximum Gasteiger partial charge on any atom is 0.202 e. The molecule has 0 aromatic heterocycles. The van der Waals surface area contributed by atoms with Crippen LogP contribution in [0.15, 0.2) is 4.99 Å². The Kier molecular flexibility index (Phi) is 5.10. The first-order chi connectivity index (χ1) is 4.81. The van der Waals surface area contributed by atoms with E-state index in [4.69, 9.17) is 16.7 Å². The zero-order valence-corrected chi connectivity index (χ0v) is 5.67.